The molecule has 190 valence electrons. The van der Waals surface area contributed by atoms with Crippen molar-refractivity contribution in [2.75, 3.05) is 40.0 Å². The molecule has 2 aliphatic heterocycles. The summed E-state index contributed by atoms with van der Waals surface area (Å²) < 4.78 is 18.9. The number of hydrogen-bond acceptors (Lipinski definition) is 6. The van der Waals surface area contributed by atoms with E-state index < -0.39 is 11.1 Å². The van der Waals surface area contributed by atoms with Gasteiger partial charge in [0.05, 0.1) is 23.2 Å². The smallest absolute Gasteiger partial charge is 0.410 e. The van der Waals surface area contributed by atoms with Crippen LogP contribution in [0.1, 0.15) is 63.9 Å². The van der Waals surface area contributed by atoms with Gasteiger partial charge in [-0.3, -0.25) is 9.59 Å². The molecule has 0 aromatic carbocycles. The zero-order valence-corrected chi connectivity index (χ0v) is 22.4. The zero-order chi connectivity index (χ0) is 25.1. The van der Waals surface area contributed by atoms with Gasteiger partial charge in [0, 0.05) is 39.5 Å². The summed E-state index contributed by atoms with van der Waals surface area (Å²) in [5.41, 5.74) is -1.11. The number of carbonyl (C=O) groups excluding carboxylic acids is 2. The molecule has 0 aliphatic carbocycles. The molecule has 2 aliphatic rings. The van der Waals surface area contributed by atoms with Gasteiger partial charge in [0.1, 0.15) is 5.60 Å². The van der Waals surface area contributed by atoms with E-state index in [9.17, 15) is 14.4 Å². The molecule has 9 nitrogen and oxygen atoms in total. The number of fused-ring (bicyclic) bond motifs is 1. The summed E-state index contributed by atoms with van der Waals surface area (Å²) in [5.74, 6) is -0.151. The van der Waals surface area contributed by atoms with Crippen molar-refractivity contribution in [2.45, 2.75) is 71.1 Å². The highest BCUT2D eigenvalue weighted by Crippen LogP contribution is 2.38. The van der Waals surface area contributed by atoms with Gasteiger partial charge in [-0.1, -0.05) is 13.3 Å². The Morgan fingerprint density at radius 1 is 1.18 bits per heavy atom. The fourth-order valence-electron chi connectivity index (χ4n) is 4.53. The minimum Gasteiger partial charge on any atom is -0.487 e. The molecule has 34 heavy (non-hydrogen) atoms. The molecular weight excluding hydrogens is 506 g/mol. The molecule has 0 atom stereocenters. The molecule has 1 aromatic rings. The Morgan fingerprint density at radius 2 is 1.85 bits per heavy atom. The van der Waals surface area contributed by atoms with Gasteiger partial charge in [0.15, 0.2) is 11.4 Å². The largest absolute Gasteiger partial charge is 0.487 e. The molecule has 2 amide bonds. The van der Waals surface area contributed by atoms with Crippen LogP contribution in [0.5, 0.6) is 5.75 Å². The fraction of sp³-hybridized carbons (Fsp3) is 0.708. The molecule has 0 radical (unpaired) electrons. The summed E-state index contributed by atoms with van der Waals surface area (Å²) in [6.45, 7) is 10.2. The minimum atomic E-state index is -0.567. The van der Waals surface area contributed by atoms with E-state index in [1.807, 2.05) is 37.2 Å². The van der Waals surface area contributed by atoms with Gasteiger partial charge >= 0.3 is 6.09 Å². The molecule has 3 rings (SSSR count). The van der Waals surface area contributed by atoms with Crippen molar-refractivity contribution in [1.82, 2.24) is 14.4 Å². The fourth-order valence-corrected chi connectivity index (χ4v) is 4.96. The number of likely N-dealkylation sites (tertiary alicyclic amines) is 1. The highest BCUT2D eigenvalue weighted by atomic mass is 79.9. The number of aromatic nitrogens is 1. The summed E-state index contributed by atoms with van der Waals surface area (Å²) in [7, 11) is 1.60. The van der Waals surface area contributed by atoms with Crippen molar-refractivity contribution in [3.05, 3.63) is 26.6 Å². The second kappa shape index (κ2) is 10.7. The van der Waals surface area contributed by atoms with Gasteiger partial charge in [0.25, 0.3) is 5.91 Å². The van der Waals surface area contributed by atoms with E-state index in [0.29, 0.717) is 56.7 Å². The molecule has 1 fully saturated rings. The molecule has 0 unspecified atom stereocenters. The Labute approximate surface area is 209 Å². The van der Waals surface area contributed by atoms with Crippen LogP contribution in [0.15, 0.2) is 15.5 Å². The maximum Gasteiger partial charge on any atom is 0.410 e. The second-order valence-corrected chi connectivity index (χ2v) is 10.8. The molecule has 0 saturated carbocycles. The summed E-state index contributed by atoms with van der Waals surface area (Å²) >= 11 is 3.35. The van der Waals surface area contributed by atoms with Gasteiger partial charge in [0.2, 0.25) is 5.43 Å². The van der Waals surface area contributed by atoms with Crippen LogP contribution in [0.3, 0.4) is 0 Å². The van der Waals surface area contributed by atoms with Crippen molar-refractivity contribution in [3.8, 4) is 5.75 Å². The third-order valence-corrected chi connectivity index (χ3v) is 6.85. The van der Waals surface area contributed by atoms with Crippen LogP contribution in [0.25, 0.3) is 0 Å². The van der Waals surface area contributed by atoms with Crippen molar-refractivity contribution < 1.29 is 23.8 Å². The van der Waals surface area contributed by atoms with E-state index >= 15 is 0 Å². The van der Waals surface area contributed by atoms with E-state index in [-0.39, 0.29) is 28.9 Å². The number of rotatable bonds is 7. The number of pyridine rings is 1. The summed E-state index contributed by atoms with van der Waals surface area (Å²) in [5, 5.41) is 0. The number of amides is 2. The predicted molar refractivity (Wildman–Crippen MR) is 131 cm³/mol. The highest BCUT2D eigenvalue weighted by Gasteiger charge is 2.48. The van der Waals surface area contributed by atoms with Crippen molar-refractivity contribution in [1.29, 1.82) is 0 Å². The van der Waals surface area contributed by atoms with E-state index in [4.69, 9.17) is 14.2 Å². The number of hydrogen-bond donors (Lipinski definition) is 0. The lowest BCUT2D eigenvalue weighted by molar-refractivity contribution is -0.0203. The third kappa shape index (κ3) is 5.59. The minimum absolute atomic E-state index is 0.0938. The normalized spacial score (nSPS) is 17.6. The summed E-state index contributed by atoms with van der Waals surface area (Å²) in [6, 6.07) is 0. The number of carbonyl (C=O) groups is 2. The lowest BCUT2D eigenvalue weighted by Crippen LogP contribution is -2.64. The highest BCUT2D eigenvalue weighted by molar-refractivity contribution is 9.10. The molecular formula is C24H36BrN3O6. The van der Waals surface area contributed by atoms with E-state index in [2.05, 4.69) is 15.9 Å². The first-order chi connectivity index (χ1) is 16.0. The quantitative estimate of drug-likeness (QED) is 0.489. The zero-order valence-electron chi connectivity index (χ0n) is 20.8. The monoisotopic (exact) mass is 541 g/mol. The van der Waals surface area contributed by atoms with E-state index in [1.54, 1.807) is 18.2 Å². The average Bonchev–Trinajstić information content (AvgIpc) is 2.76. The van der Waals surface area contributed by atoms with Gasteiger partial charge in [-0.25, -0.2) is 4.79 Å². The molecule has 0 bridgehead atoms. The van der Waals surface area contributed by atoms with Crippen LogP contribution < -0.4 is 10.2 Å². The molecule has 1 aromatic heterocycles. The Bertz CT molecular complexity index is 963. The molecule has 1 spiro atoms. The summed E-state index contributed by atoms with van der Waals surface area (Å²) in [4.78, 5) is 42.8. The SMILES string of the molecule is CCCCOc1c2n(cc(Br)c1=O)CC1(CCN(C(=O)OC(C)(C)C)CC1)N(CCOC)C2=O. The molecule has 10 heteroatoms. The standard InChI is InChI=1S/C24H36BrN3O6/c1-6-7-13-33-20-18-21(30)28(12-14-32-5)24(16-27(18)15-17(25)19(20)29)8-10-26(11-9-24)22(31)34-23(2,3)4/h15H,6-14,16H2,1-5H3. The lowest BCUT2D eigenvalue weighted by Gasteiger charge is -2.51. The Kier molecular flexibility index (Phi) is 8.34. The van der Waals surface area contributed by atoms with Crippen LogP contribution in [0.4, 0.5) is 4.79 Å². The summed E-state index contributed by atoms with van der Waals surface area (Å²) in [6.07, 6.45) is 4.23. The lowest BCUT2D eigenvalue weighted by atomic mass is 9.83. The number of piperidine rings is 1. The Hall–Kier alpha value is -2.07. The average molecular weight is 542 g/mol. The van der Waals surface area contributed by atoms with E-state index in [0.717, 1.165) is 12.8 Å². The van der Waals surface area contributed by atoms with Crippen molar-refractivity contribution in [3.63, 3.8) is 0 Å². The van der Waals surface area contributed by atoms with Gasteiger partial charge in [-0.15, -0.1) is 0 Å². The van der Waals surface area contributed by atoms with Crippen LogP contribution in [0, 0.1) is 0 Å². The first kappa shape index (κ1) is 26.5. The van der Waals surface area contributed by atoms with Crippen LogP contribution >= 0.6 is 15.9 Å². The molecule has 1 saturated heterocycles. The van der Waals surface area contributed by atoms with Crippen LogP contribution in [-0.2, 0) is 16.0 Å². The molecule has 3 heterocycles. The van der Waals surface area contributed by atoms with Crippen LogP contribution in [-0.4, -0.2) is 77.5 Å². The number of unbranched alkanes of at least 4 members (excludes halogenated alkanes) is 1. The third-order valence-electron chi connectivity index (χ3n) is 6.29. The van der Waals surface area contributed by atoms with Crippen molar-refractivity contribution >= 4 is 27.9 Å². The number of halogens is 1. The van der Waals surface area contributed by atoms with Gasteiger partial charge in [-0.05, 0) is 56.0 Å². The maximum absolute atomic E-state index is 13.8. The first-order valence-electron chi connectivity index (χ1n) is 11.9. The topological polar surface area (TPSA) is 90.3 Å². The van der Waals surface area contributed by atoms with Gasteiger partial charge in [-0.2, -0.15) is 0 Å². The molecule has 0 N–H and O–H groups in total. The maximum atomic E-state index is 13.8. The van der Waals surface area contributed by atoms with E-state index in [1.165, 1.54) is 0 Å². The van der Waals surface area contributed by atoms with Crippen LogP contribution in [0.2, 0.25) is 0 Å². The Balaban J connectivity index is 1.93. The van der Waals surface area contributed by atoms with Crippen molar-refractivity contribution in [2.24, 2.45) is 0 Å². The first-order valence-corrected chi connectivity index (χ1v) is 12.7. The number of methoxy groups -OCH3 is 1. The Morgan fingerprint density at radius 3 is 2.44 bits per heavy atom. The van der Waals surface area contributed by atoms with Gasteiger partial charge < -0.3 is 28.6 Å². The number of ether oxygens (including phenoxy) is 3. The number of nitrogens with zero attached hydrogens (tertiary/aromatic N) is 3. The predicted octanol–water partition coefficient (Wildman–Crippen LogP) is 3.66. The second-order valence-electron chi connectivity index (χ2n) is 9.96.